The highest BCUT2D eigenvalue weighted by Gasteiger charge is 2.70. The lowest BCUT2D eigenvalue weighted by Gasteiger charge is -2.51. The van der Waals surface area contributed by atoms with Crippen molar-refractivity contribution in [3.8, 4) is 11.6 Å². The van der Waals surface area contributed by atoms with Crippen LogP contribution in [-0.2, 0) is 9.47 Å². The first kappa shape index (κ1) is 23.1. The first-order chi connectivity index (χ1) is 17.2. The fraction of sp³-hybridized carbons (Fsp3) is 0.542. The van der Waals surface area contributed by atoms with Crippen molar-refractivity contribution in [3.05, 3.63) is 35.9 Å². The Morgan fingerprint density at radius 2 is 2.00 bits per heavy atom. The van der Waals surface area contributed by atoms with E-state index in [1.807, 2.05) is 6.92 Å². The maximum Gasteiger partial charge on any atom is 0.410 e. The SMILES string of the molecule is COc1c(F)ccc(Nc2ncnc(OC3C4COCC45CN(C(=O)OC4(C)CC4)CC35)c2F)c1F. The molecule has 6 rings (SSSR count). The Morgan fingerprint density at radius 3 is 2.75 bits per heavy atom. The monoisotopic (exact) mass is 506 g/mol. The van der Waals surface area contributed by atoms with Crippen LogP contribution in [0.5, 0.6) is 11.6 Å². The van der Waals surface area contributed by atoms with Crippen molar-refractivity contribution in [3.63, 3.8) is 0 Å². The second-order valence-electron chi connectivity index (χ2n) is 10.2. The third-order valence-corrected chi connectivity index (χ3v) is 7.90. The van der Waals surface area contributed by atoms with Crippen molar-refractivity contribution in [2.75, 3.05) is 38.7 Å². The van der Waals surface area contributed by atoms with Gasteiger partial charge in [0.2, 0.25) is 5.82 Å². The second-order valence-corrected chi connectivity index (χ2v) is 10.2. The number of halogens is 3. The van der Waals surface area contributed by atoms with Crippen molar-refractivity contribution >= 4 is 17.6 Å². The number of rotatable bonds is 6. The van der Waals surface area contributed by atoms with Gasteiger partial charge in [-0.3, -0.25) is 0 Å². The summed E-state index contributed by atoms with van der Waals surface area (Å²) < 4.78 is 65.7. The van der Waals surface area contributed by atoms with Gasteiger partial charge >= 0.3 is 6.09 Å². The van der Waals surface area contributed by atoms with Gasteiger partial charge in [0.25, 0.3) is 5.88 Å². The minimum Gasteiger partial charge on any atom is -0.491 e. The fourth-order valence-electron chi connectivity index (χ4n) is 5.62. The molecule has 0 bridgehead atoms. The first-order valence-corrected chi connectivity index (χ1v) is 11.8. The van der Waals surface area contributed by atoms with Crippen molar-refractivity contribution in [1.82, 2.24) is 14.9 Å². The molecule has 1 spiro atoms. The molecule has 4 unspecified atom stereocenters. The van der Waals surface area contributed by atoms with Crippen molar-refractivity contribution < 1.29 is 36.9 Å². The topological polar surface area (TPSA) is 95.0 Å². The van der Waals surface area contributed by atoms with Gasteiger partial charge in [0.15, 0.2) is 23.2 Å². The summed E-state index contributed by atoms with van der Waals surface area (Å²) in [5, 5.41) is 2.51. The third kappa shape index (κ3) is 3.53. The zero-order valence-corrected chi connectivity index (χ0v) is 19.7. The van der Waals surface area contributed by atoms with E-state index in [1.54, 1.807) is 4.90 Å². The normalized spacial score (nSPS) is 29.1. The van der Waals surface area contributed by atoms with Gasteiger partial charge in [-0.15, -0.1) is 0 Å². The number of hydrogen-bond donors (Lipinski definition) is 1. The molecule has 2 saturated carbocycles. The first-order valence-electron chi connectivity index (χ1n) is 11.8. The summed E-state index contributed by atoms with van der Waals surface area (Å²) in [6.45, 7) is 3.76. The van der Waals surface area contributed by atoms with Crippen LogP contribution in [0.4, 0.5) is 29.5 Å². The zero-order valence-electron chi connectivity index (χ0n) is 19.7. The van der Waals surface area contributed by atoms with Gasteiger partial charge in [-0.25, -0.2) is 18.6 Å². The minimum absolute atomic E-state index is 0.0404. The molecule has 2 saturated heterocycles. The standard InChI is InChI=1S/C24H25F3N4O5/c1-23(5-6-23)36-22(32)31-7-12-18(13-8-34-10-24(12,13)9-31)35-21-17(27)20(28-11-29-21)30-15-4-3-14(25)19(33-2)16(15)26/h3-4,11-13,18H,5-10H2,1-2H3,(H,28,29,30). The van der Waals surface area contributed by atoms with Crippen LogP contribution < -0.4 is 14.8 Å². The molecule has 12 heteroatoms. The van der Waals surface area contributed by atoms with Gasteiger partial charge in [0, 0.05) is 30.3 Å². The van der Waals surface area contributed by atoms with Gasteiger partial charge in [-0.2, -0.15) is 9.37 Å². The molecule has 1 aromatic heterocycles. The predicted octanol–water partition coefficient (Wildman–Crippen LogP) is 3.66. The van der Waals surface area contributed by atoms with E-state index < -0.39 is 29.3 Å². The molecule has 2 aromatic rings. The molecule has 2 aliphatic heterocycles. The number of aromatic nitrogens is 2. The molecule has 2 aliphatic carbocycles. The molecule has 192 valence electrons. The highest BCUT2D eigenvalue weighted by molar-refractivity contribution is 5.69. The molecule has 1 N–H and O–H groups in total. The summed E-state index contributed by atoms with van der Waals surface area (Å²) in [6, 6.07) is 2.11. The number of amides is 1. The smallest absolute Gasteiger partial charge is 0.410 e. The van der Waals surface area contributed by atoms with E-state index in [0.29, 0.717) is 26.3 Å². The van der Waals surface area contributed by atoms with E-state index in [9.17, 15) is 13.6 Å². The van der Waals surface area contributed by atoms with Crippen LogP contribution in [0.1, 0.15) is 19.8 Å². The summed E-state index contributed by atoms with van der Waals surface area (Å²) in [7, 11) is 1.13. The average Bonchev–Trinajstić information content (AvgIpc) is 3.32. The molecule has 36 heavy (non-hydrogen) atoms. The number of nitrogens with one attached hydrogen (secondary N) is 1. The number of methoxy groups -OCH3 is 1. The van der Waals surface area contributed by atoms with Gasteiger partial charge in [0.05, 0.1) is 26.0 Å². The molecular weight excluding hydrogens is 481 g/mol. The lowest BCUT2D eigenvalue weighted by atomic mass is 9.54. The number of carbonyl (C=O) groups excluding carboxylic acids is 1. The molecule has 4 fully saturated rings. The van der Waals surface area contributed by atoms with Gasteiger partial charge in [0.1, 0.15) is 18.0 Å². The maximum absolute atomic E-state index is 15.3. The number of anilines is 2. The number of benzene rings is 1. The Kier molecular flexibility index (Phi) is 5.22. The molecular formula is C24H25F3N4O5. The Labute approximate surface area is 204 Å². The summed E-state index contributed by atoms with van der Waals surface area (Å²) in [5.74, 6) is -4.20. The predicted molar refractivity (Wildman–Crippen MR) is 119 cm³/mol. The molecule has 4 aliphatic rings. The van der Waals surface area contributed by atoms with Crippen LogP contribution in [0.2, 0.25) is 0 Å². The van der Waals surface area contributed by atoms with Gasteiger partial charge < -0.3 is 29.2 Å². The van der Waals surface area contributed by atoms with Crippen LogP contribution in [0.25, 0.3) is 0 Å². The van der Waals surface area contributed by atoms with E-state index >= 15 is 4.39 Å². The Bertz CT molecular complexity index is 1230. The van der Waals surface area contributed by atoms with E-state index in [1.165, 1.54) is 0 Å². The highest BCUT2D eigenvalue weighted by atomic mass is 19.1. The fourth-order valence-corrected chi connectivity index (χ4v) is 5.62. The minimum atomic E-state index is -1.03. The Hall–Kier alpha value is -3.28. The molecule has 3 heterocycles. The zero-order chi connectivity index (χ0) is 25.2. The molecule has 1 amide bonds. The van der Waals surface area contributed by atoms with Crippen molar-refractivity contribution in [1.29, 1.82) is 0 Å². The summed E-state index contributed by atoms with van der Waals surface area (Å²) in [5.41, 5.74) is -0.857. The van der Waals surface area contributed by atoms with Crippen LogP contribution in [0.15, 0.2) is 18.5 Å². The molecule has 0 radical (unpaired) electrons. The quantitative estimate of drug-likeness (QED) is 0.635. The Balaban J connectivity index is 1.20. The van der Waals surface area contributed by atoms with E-state index in [4.69, 9.17) is 18.9 Å². The molecule has 1 aromatic carbocycles. The third-order valence-electron chi connectivity index (χ3n) is 7.90. The largest absolute Gasteiger partial charge is 0.491 e. The lowest BCUT2D eigenvalue weighted by Crippen LogP contribution is -2.61. The number of nitrogens with zero attached hydrogens (tertiary/aromatic N) is 3. The summed E-state index contributed by atoms with van der Waals surface area (Å²) >= 11 is 0. The summed E-state index contributed by atoms with van der Waals surface area (Å²) in [4.78, 5) is 22.2. The average molecular weight is 506 g/mol. The van der Waals surface area contributed by atoms with Crippen LogP contribution in [-0.4, -0.2) is 66.1 Å². The van der Waals surface area contributed by atoms with E-state index in [2.05, 4.69) is 15.3 Å². The van der Waals surface area contributed by atoms with Crippen LogP contribution in [0.3, 0.4) is 0 Å². The van der Waals surface area contributed by atoms with E-state index in [-0.39, 0.29) is 46.3 Å². The summed E-state index contributed by atoms with van der Waals surface area (Å²) in [6.07, 6.45) is 2.03. The lowest BCUT2D eigenvalue weighted by molar-refractivity contribution is -0.103. The number of ether oxygens (including phenoxy) is 4. The molecule has 9 nitrogen and oxygen atoms in total. The maximum atomic E-state index is 15.3. The van der Waals surface area contributed by atoms with Crippen LogP contribution in [0, 0.1) is 34.7 Å². The second kappa shape index (κ2) is 8.12. The van der Waals surface area contributed by atoms with Gasteiger partial charge in [-0.1, -0.05) is 0 Å². The number of hydrogen-bond acceptors (Lipinski definition) is 8. The molecule has 4 atom stereocenters. The van der Waals surface area contributed by atoms with E-state index in [0.717, 1.165) is 38.4 Å². The van der Waals surface area contributed by atoms with Gasteiger partial charge in [-0.05, 0) is 31.9 Å². The highest BCUT2D eigenvalue weighted by Crippen LogP contribution is 2.60. The number of carbonyl (C=O) groups is 1. The Morgan fingerprint density at radius 1 is 1.19 bits per heavy atom. The number of likely N-dealkylation sites (tertiary alicyclic amines) is 1. The van der Waals surface area contributed by atoms with Crippen molar-refractivity contribution in [2.45, 2.75) is 31.5 Å². The van der Waals surface area contributed by atoms with Crippen LogP contribution >= 0.6 is 0 Å². The van der Waals surface area contributed by atoms with Crippen molar-refractivity contribution in [2.24, 2.45) is 17.3 Å².